The van der Waals surface area contributed by atoms with Gasteiger partial charge >= 0.3 is 48.9 Å². The quantitative estimate of drug-likeness (QED) is 0.317. The Labute approximate surface area is 84.3 Å². The molecule has 0 spiro atoms. The molecule has 0 saturated carbocycles. The molecule has 0 aromatic carbocycles. The Bertz CT molecular complexity index is 31.4. The topological polar surface area (TPSA) is 136 Å². The summed E-state index contributed by atoms with van der Waals surface area (Å²) in [6.07, 6.45) is 0. The zero-order chi connectivity index (χ0) is 5.41. The van der Waals surface area contributed by atoms with E-state index in [1.165, 1.54) is 0 Å². The minimum Gasteiger partial charge on any atom is -0.444 e. The van der Waals surface area contributed by atoms with Crippen LogP contribution in [0, 0.1) is 20.2 Å². The van der Waals surface area contributed by atoms with Crippen LogP contribution in [0.3, 0.4) is 0 Å². The van der Waals surface area contributed by atoms with Gasteiger partial charge in [-0.3, -0.25) is 0 Å². The molecule has 0 amide bonds. The van der Waals surface area contributed by atoms with E-state index in [-0.39, 0.29) is 54.4 Å². The summed E-state index contributed by atoms with van der Waals surface area (Å²) in [7, 11) is 0. The van der Waals surface area contributed by atoms with Crippen molar-refractivity contribution in [1.82, 2.24) is 0 Å². The summed E-state index contributed by atoms with van der Waals surface area (Å²) in [5.74, 6) is 0. The van der Waals surface area contributed by atoms with E-state index >= 15 is 0 Å². The molecule has 0 aliphatic rings. The third-order valence-corrected chi connectivity index (χ3v) is 0. The maximum absolute atomic E-state index is 8.00. The van der Waals surface area contributed by atoms with E-state index < -0.39 is 0 Å². The average Bonchev–Trinajstić information content (AvgIpc) is 1.39. The SMILES string of the molecule is O.O=N[O-].O=N[O-].[Ba+2]. The fourth-order valence-electron chi connectivity index (χ4n) is 0. The van der Waals surface area contributed by atoms with Gasteiger partial charge in [0.05, 0.1) is 0 Å². The Morgan fingerprint density at radius 3 is 1.00 bits per heavy atom. The summed E-state index contributed by atoms with van der Waals surface area (Å²) in [5, 5.41) is 18.0. The summed E-state index contributed by atoms with van der Waals surface area (Å²) in [4.78, 5) is 16.0. The Balaban J connectivity index is -0.0000000160. The van der Waals surface area contributed by atoms with Crippen molar-refractivity contribution in [2.24, 2.45) is 10.7 Å². The van der Waals surface area contributed by atoms with Gasteiger partial charge in [-0.1, -0.05) is 0 Å². The third kappa shape index (κ3) is 1640. The first kappa shape index (κ1) is 23.9. The van der Waals surface area contributed by atoms with Gasteiger partial charge in [0.2, 0.25) is 0 Å². The summed E-state index contributed by atoms with van der Waals surface area (Å²) >= 11 is 0. The molecule has 8 heavy (non-hydrogen) atoms. The molecule has 0 aromatic rings. The van der Waals surface area contributed by atoms with Crippen molar-refractivity contribution < 1.29 is 5.48 Å². The molecular weight excluding hydrogens is 245 g/mol. The van der Waals surface area contributed by atoms with Crippen molar-refractivity contribution >= 4 is 48.9 Å². The molecule has 0 unspecified atom stereocenters. The molecule has 0 atom stereocenters. The van der Waals surface area contributed by atoms with E-state index in [1.807, 2.05) is 0 Å². The first-order valence-electron chi connectivity index (χ1n) is 0.730. The van der Waals surface area contributed by atoms with Crippen LogP contribution < -0.4 is 0 Å². The second-order valence-electron chi connectivity index (χ2n) is 0.149. The summed E-state index contributed by atoms with van der Waals surface area (Å²) in [5.41, 5.74) is 0. The minimum absolute atomic E-state index is 0. The first-order valence-corrected chi connectivity index (χ1v) is 0.730. The fraction of sp³-hybridized carbons (Fsp3) is 0. The van der Waals surface area contributed by atoms with Crippen molar-refractivity contribution in [2.75, 3.05) is 0 Å². The molecule has 0 aliphatic heterocycles. The van der Waals surface area contributed by atoms with Crippen LogP contribution in [0.2, 0.25) is 0 Å². The van der Waals surface area contributed by atoms with Gasteiger partial charge in [0.1, 0.15) is 0 Å². The molecular formula is H2BaN2O5. The van der Waals surface area contributed by atoms with E-state index in [2.05, 4.69) is 0 Å². The largest absolute Gasteiger partial charge is 2.00 e. The standard InChI is InChI=1S/Ba.2HNO2.H2O/c;2*2-1-3;/h;2*(H,2,3);1H2/q+2;;;/p-2. The fourth-order valence-corrected chi connectivity index (χ4v) is 0. The van der Waals surface area contributed by atoms with Crippen molar-refractivity contribution in [3.05, 3.63) is 20.2 Å². The average molecular weight is 247 g/mol. The minimum atomic E-state index is 0. The molecule has 0 radical (unpaired) electrons. The Kier molecular flexibility index (Phi) is 161. The van der Waals surface area contributed by atoms with Gasteiger partial charge in [0, 0.05) is 0 Å². The molecule has 7 nitrogen and oxygen atoms in total. The van der Waals surface area contributed by atoms with E-state index in [0.29, 0.717) is 0 Å². The summed E-state index contributed by atoms with van der Waals surface area (Å²) in [6.45, 7) is 0. The van der Waals surface area contributed by atoms with Crippen molar-refractivity contribution in [1.29, 1.82) is 0 Å². The van der Waals surface area contributed by atoms with Gasteiger partial charge in [-0.25, -0.2) is 0 Å². The molecule has 0 aliphatic carbocycles. The van der Waals surface area contributed by atoms with Crippen LogP contribution in [-0.2, 0) is 0 Å². The predicted molar refractivity (Wildman–Crippen MR) is 27.7 cm³/mol. The zero-order valence-electron chi connectivity index (χ0n) is 3.73. The van der Waals surface area contributed by atoms with Crippen molar-refractivity contribution in [3.63, 3.8) is 0 Å². The second-order valence-corrected chi connectivity index (χ2v) is 0.149. The number of hydrogen-bond acceptors (Lipinski definition) is 6. The van der Waals surface area contributed by atoms with Crippen LogP contribution >= 0.6 is 0 Å². The third-order valence-electron chi connectivity index (χ3n) is 0. The van der Waals surface area contributed by atoms with E-state index in [9.17, 15) is 0 Å². The van der Waals surface area contributed by atoms with Crippen LogP contribution in [0.25, 0.3) is 0 Å². The number of rotatable bonds is 0. The van der Waals surface area contributed by atoms with Crippen LogP contribution in [-0.4, -0.2) is 54.4 Å². The van der Waals surface area contributed by atoms with Gasteiger partial charge in [0.15, 0.2) is 0 Å². The van der Waals surface area contributed by atoms with Crippen LogP contribution in [0.15, 0.2) is 10.7 Å². The van der Waals surface area contributed by atoms with E-state index in [4.69, 9.17) is 20.2 Å². The maximum atomic E-state index is 8.00. The van der Waals surface area contributed by atoms with Gasteiger partial charge in [0.25, 0.3) is 0 Å². The molecule has 0 bridgehead atoms. The predicted octanol–water partition coefficient (Wildman–Crippen LogP) is -0.704. The Morgan fingerprint density at radius 2 is 1.00 bits per heavy atom. The summed E-state index contributed by atoms with van der Waals surface area (Å²) in [6, 6.07) is 0. The van der Waals surface area contributed by atoms with Gasteiger partial charge in [-0.05, 0) is 0 Å². The summed E-state index contributed by atoms with van der Waals surface area (Å²) < 4.78 is 0. The molecule has 0 fully saturated rings. The number of nitrogens with zero attached hydrogens (tertiary/aromatic N) is 2. The smallest absolute Gasteiger partial charge is 0.444 e. The first-order chi connectivity index (χ1) is 2.83. The van der Waals surface area contributed by atoms with Crippen LogP contribution in [0.4, 0.5) is 0 Å². The van der Waals surface area contributed by atoms with Gasteiger partial charge < -0.3 is 25.7 Å². The van der Waals surface area contributed by atoms with Gasteiger partial charge in [-0.15, -0.1) is 10.7 Å². The monoisotopic (exact) mass is 248 g/mol. The van der Waals surface area contributed by atoms with Gasteiger partial charge in [-0.2, -0.15) is 0 Å². The van der Waals surface area contributed by atoms with Crippen LogP contribution in [0.5, 0.6) is 0 Å². The molecule has 8 heteroatoms. The number of hydrogen-bond donors (Lipinski definition) is 0. The second kappa shape index (κ2) is 54.1. The molecule has 0 heterocycles. The molecule has 0 rings (SSSR count). The normalized spacial score (nSPS) is 3.00. The molecule has 44 valence electrons. The molecule has 2 N–H and O–H groups in total. The van der Waals surface area contributed by atoms with E-state index in [0.717, 1.165) is 10.7 Å². The maximum Gasteiger partial charge on any atom is 2.00 e. The van der Waals surface area contributed by atoms with Crippen molar-refractivity contribution in [2.45, 2.75) is 0 Å². The van der Waals surface area contributed by atoms with Crippen molar-refractivity contribution in [3.8, 4) is 0 Å². The Morgan fingerprint density at radius 1 is 1.00 bits per heavy atom. The zero-order valence-corrected chi connectivity index (χ0v) is 8.18. The van der Waals surface area contributed by atoms with Crippen LogP contribution in [0.1, 0.15) is 0 Å². The Hall–Kier alpha value is 0.331. The molecule has 0 aromatic heterocycles. The van der Waals surface area contributed by atoms with E-state index in [1.54, 1.807) is 0 Å². The molecule has 0 saturated heterocycles.